The molecule has 2 N–H and O–H groups in total. The molecule has 0 spiro atoms. The topological polar surface area (TPSA) is 41.1 Å². The van der Waals surface area contributed by atoms with Gasteiger partial charge in [0.05, 0.1) is 12.2 Å². The van der Waals surface area contributed by atoms with Crippen LogP contribution in [0.1, 0.15) is 31.9 Å². The summed E-state index contributed by atoms with van der Waals surface area (Å²) in [5.74, 6) is -0.0711. The minimum Gasteiger partial charge on any atom is -0.376 e. The molecule has 0 radical (unpaired) electrons. The summed E-state index contributed by atoms with van der Waals surface area (Å²) in [7, 11) is 0. The standard InChI is InChI=1S/C19H23BrN2O/c1-13-9-10-17(15(20)11-13)22-18(23)12-21-16-8-6-5-7-14(16)19(2,3)4/h5-11,21H,12H2,1-4H3,(H,22,23). The maximum atomic E-state index is 12.2. The Bertz CT molecular complexity index is 705. The molecular formula is C19H23BrN2O. The summed E-state index contributed by atoms with van der Waals surface area (Å²) < 4.78 is 0.890. The number of benzene rings is 2. The van der Waals surface area contributed by atoms with Crippen molar-refractivity contribution in [2.45, 2.75) is 33.1 Å². The molecule has 0 aliphatic rings. The van der Waals surface area contributed by atoms with Crippen molar-refractivity contribution in [2.24, 2.45) is 0 Å². The van der Waals surface area contributed by atoms with Gasteiger partial charge in [0.1, 0.15) is 0 Å². The van der Waals surface area contributed by atoms with Crippen LogP contribution in [0.25, 0.3) is 0 Å². The van der Waals surface area contributed by atoms with E-state index < -0.39 is 0 Å². The van der Waals surface area contributed by atoms with Gasteiger partial charge in [0.2, 0.25) is 5.91 Å². The molecule has 0 aromatic heterocycles. The van der Waals surface area contributed by atoms with E-state index in [0.29, 0.717) is 0 Å². The maximum Gasteiger partial charge on any atom is 0.243 e. The van der Waals surface area contributed by atoms with Crippen molar-refractivity contribution >= 4 is 33.2 Å². The number of hydrogen-bond donors (Lipinski definition) is 2. The summed E-state index contributed by atoms with van der Waals surface area (Å²) >= 11 is 3.47. The maximum absolute atomic E-state index is 12.2. The van der Waals surface area contributed by atoms with Crippen LogP contribution in [0.2, 0.25) is 0 Å². The van der Waals surface area contributed by atoms with Crippen LogP contribution in [0.4, 0.5) is 11.4 Å². The average molecular weight is 375 g/mol. The first-order valence-corrected chi connectivity index (χ1v) is 8.46. The van der Waals surface area contributed by atoms with E-state index in [1.807, 2.05) is 43.3 Å². The number of rotatable bonds is 4. The Labute approximate surface area is 146 Å². The summed E-state index contributed by atoms with van der Waals surface area (Å²) in [5.41, 5.74) is 4.15. The lowest BCUT2D eigenvalue weighted by Crippen LogP contribution is -2.23. The third-order valence-electron chi connectivity index (χ3n) is 3.57. The third kappa shape index (κ3) is 4.83. The zero-order valence-corrected chi connectivity index (χ0v) is 15.6. The Hall–Kier alpha value is -1.81. The van der Waals surface area contributed by atoms with Gasteiger partial charge >= 0.3 is 0 Å². The number of aryl methyl sites for hydroxylation is 1. The van der Waals surface area contributed by atoms with Gasteiger partial charge in [-0.2, -0.15) is 0 Å². The van der Waals surface area contributed by atoms with E-state index in [2.05, 4.69) is 53.4 Å². The Morgan fingerprint density at radius 3 is 2.43 bits per heavy atom. The minimum absolute atomic E-state index is 0.0278. The molecule has 23 heavy (non-hydrogen) atoms. The normalized spacial score (nSPS) is 11.2. The fourth-order valence-electron chi connectivity index (χ4n) is 2.38. The predicted octanol–water partition coefficient (Wildman–Crippen LogP) is 5.11. The molecule has 0 bridgehead atoms. The molecule has 122 valence electrons. The average Bonchev–Trinajstić information content (AvgIpc) is 2.47. The molecule has 0 unspecified atom stereocenters. The smallest absolute Gasteiger partial charge is 0.243 e. The molecule has 0 saturated heterocycles. The first kappa shape index (κ1) is 17.5. The van der Waals surface area contributed by atoms with E-state index in [0.717, 1.165) is 21.4 Å². The molecule has 2 aromatic carbocycles. The molecule has 0 atom stereocenters. The van der Waals surface area contributed by atoms with E-state index in [1.165, 1.54) is 5.56 Å². The highest BCUT2D eigenvalue weighted by Crippen LogP contribution is 2.29. The lowest BCUT2D eigenvalue weighted by atomic mass is 9.86. The van der Waals surface area contributed by atoms with Gasteiger partial charge in [-0.05, 0) is 57.6 Å². The SMILES string of the molecule is Cc1ccc(NC(=O)CNc2ccccc2C(C)(C)C)c(Br)c1. The molecular weight excluding hydrogens is 352 g/mol. The quantitative estimate of drug-likeness (QED) is 0.780. The molecule has 1 amide bonds. The van der Waals surface area contributed by atoms with E-state index >= 15 is 0 Å². The van der Waals surface area contributed by atoms with Crippen molar-refractivity contribution in [3.63, 3.8) is 0 Å². The molecule has 0 fully saturated rings. The lowest BCUT2D eigenvalue weighted by Gasteiger charge is -2.23. The van der Waals surface area contributed by atoms with Gasteiger partial charge in [0, 0.05) is 10.2 Å². The number of halogens is 1. The Morgan fingerprint density at radius 2 is 1.78 bits per heavy atom. The van der Waals surface area contributed by atoms with Crippen LogP contribution < -0.4 is 10.6 Å². The van der Waals surface area contributed by atoms with Crippen LogP contribution in [-0.2, 0) is 10.2 Å². The number of amides is 1. The number of para-hydroxylation sites is 1. The molecule has 0 heterocycles. The van der Waals surface area contributed by atoms with Gasteiger partial charge in [-0.3, -0.25) is 4.79 Å². The van der Waals surface area contributed by atoms with Crippen LogP contribution in [-0.4, -0.2) is 12.5 Å². The summed E-state index contributed by atoms with van der Waals surface area (Å²) in [4.78, 5) is 12.2. The van der Waals surface area contributed by atoms with Gasteiger partial charge in [0.25, 0.3) is 0 Å². The fraction of sp³-hybridized carbons (Fsp3) is 0.316. The summed E-state index contributed by atoms with van der Waals surface area (Å²) in [5, 5.41) is 6.16. The Kier molecular flexibility index (Phi) is 5.47. The molecule has 0 saturated carbocycles. The van der Waals surface area contributed by atoms with Crippen molar-refractivity contribution in [3.05, 3.63) is 58.1 Å². The number of carbonyl (C=O) groups is 1. The Balaban J connectivity index is 2.03. The second-order valence-corrected chi connectivity index (χ2v) is 7.53. The van der Waals surface area contributed by atoms with Crippen LogP contribution in [0, 0.1) is 6.92 Å². The molecule has 2 aromatic rings. The molecule has 2 rings (SSSR count). The fourth-order valence-corrected chi connectivity index (χ4v) is 2.98. The van der Waals surface area contributed by atoms with Crippen LogP contribution in [0.3, 0.4) is 0 Å². The van der Waals surface area contributed by atoms with Crippen LogP contribution in [0.15, 0.2) is 46.9 Å². The van der Waals surface area contributed by atoms with Gasteiger partial charge < -0.3 is 10.6 Å². The van der Waals surface area contributed by atoms with Gasteiger partial charge in [-0.25, -0.2) is 0 Å². The van der Waals surface area contributed by atoms with Crippen molar-refractivity contribution in [1.29, 1.82) is 0 Å². The second kappa shape index (κ2) is 7.18. The molecule has 0 aliphatic carbocycles. The predicted molar refractivity (Wildman–Crippen MR) is 101 cm³/mol. The summed E-state index contributed by atoms with van der Waals surface area (Å²) in [6.07, 6.45) is 0. The van der Waals surface area contributed by atoms with Gasteiger partial charge in [0.15, 0.2) is 0 Å². The van der Waals surface area contributed by atoms with Gasteiger partial charge in [-0.15, -0.1) is 0 Å². The molecule has 3 nitrogen and oxygen atoms in total. The summed E-state index contributed by atoms with van der Waals surface area (Å²) in [6, 6.07) is 14.0. The van der Waals surface area contributed by atoms with Crippen molar-refractivity contribution in [1.82, 2.24) is 0 Å². The van der Waals surface area contributed by atoms with E-state index in [-0.39, 0.29) is 17.9 Å². The zero-order chi connectivity index (χ0) is 17.0. The molecule has 4 heteroatoms. The van der Waals surface area contributed by atoms with Crippen molar-refractivity contribution in [2.75, 3.05) is 17.2 Å². The zero-order valence-electron chi connectivity index (χ0n) is 14.0. The third-order valence-corrected chi connectivity index (χ3v) is 4.23. The number of nitrogens with one attached hydrogen (secondary N) is 2. The highest BCUT2D eigenvalue weighted by atomic mass is 79.9. The number of anilines is 2. The highest BCUT2D eigenvalue weighted by molar-refractivity contribution is 9.10. The first-order valence-electron chi connectivity index (χ1n) is 7.67. The Morgan fingerprint density at radius 1 is 1.09 bits per heavy atom. The monoisotopic (exact) mass is 374 g/mol. The lowest BCUT2D eigenvalue weighted by molar-refractivity contribution is -0.114. The van der Waals surface area contributed by atoms with E-state index in [1.54, 1.807) is 0 Å². The summed E-state index contributed by atoms with van der Waals surface area (Å²) in [6.45, 7) is 8.74. The molecule has 0 aliphatic heterocycles. The van der Waals surface area contributed by atoms with Crippen molar-refractivity contribution in [3.8, 4) is 0 Å². The van der Waals surface area contributed by atoms with Crippen LogP contribution in [0.5, 0.6) is 0 Å². The number of hydrogen-bond acceptors (Lipinski definition) is 2. The first-order chi connectivity index (χ1) is 10.8. The largest absolute Gasteiger partial charge is 0.376 e. The minimum atomic E-state index is -0.0711. The van der Waals surface area contributed by atoms with E-state index in [4.69, 9.17) is 0 Å². The van der Waals surface area contributed by atoms with Crippen LogP contribution >= 0.6 is 15.9 Å². The number of carbonyl (C=O) groups excluding carboxylic acids is 1. The van der Waals surface area contributed by atoms with Crippen molar-refractivity contribution < 1.29 is 4.79 Å². The second-order valence-electron chi connectivity index (χ2n) is 6.68. The highest BCUT2D eigenvalue weighted by Gasteiger charge is 2.17. The van der Waals surface area contributed by atoms with E-state index in [9.17, 15) is 4.79 Å². The van der Waals surface area contributed by atoms with Gasteiger partial charge in [-0.1, -0.05) is 45.0 Å².